The number of carbonyl (C=O) groups is 2. The van der Waals surface area contributed by atoms with Crippen molar-refractivity contribution in [3.63, 3.8) is 0 Å². The highest BCUT2D eigenvalue weighted by Crippen LogP contribution is 2.29. The lowest BCUT2D eigenvalue weighted by Crippen LogP contribution is -2.45. The van der Waals surface area contributed by atoms with Crippen LogP contribution in [0.1, 0.15) is 12.8 Å². The van der Waals surface area contributed by atoms with E-state index in [1.54, 1.807) is 0 Å². The van der Waals surface area contributed by atoms with Crippen LogP contribution >= 0.6 is 0 Å². The lowest BCUT2D eigenvalue weighted by molar-refractivity contribution is -0.137. The Labute approximate surface area is 106 Å². The van der Waals surface area contributed by atoms with Gasteiger partial charge in [-0.15, -0.1) is 0 Å². The maximum atomic E-state index is 11.7. The number of nitrogens with one attached hydrogen (secondary N) is 1. The summed E-state index contributed by atoms with van der Waals surface area (Å²) in [5, 5.41) is 11.1. The molecule has 0 aliphatic heterocycles. The van der Waals surface area contributed by atoms with Gasteiger partial charge in [-0.25, -0.2) is 13.2 Å². The average molecular weight is 278 g/mol. The van der Waals surface area contributed by atoms with E-state index >= 15 is 0 Å². The predicted molar refractivity (Wildman–Crippen MR) is 65.0 cm³/mol. The summed E-state index contributed by atoms with van der Waals surface area (Å²) in [5.74, 6) is -0.845. The van der Waals surface area contributed by atoms with E-state index in [9.17, 15) is 18.0 Å². The third-order valence-corrected chi connectivity index (χ3v) is 3.48. The van der Waals surface area contributed by atoms with Crippen molar-refractivity contribution in [3.8, 4) is 0 Å². The molecule has 2 N–H and O–H groups in total. The molecule has 0 atom stereocenters. The molecule has 1 fully saturated rings. The fourth-order valence-electron chi connectivity index (χ4n) is 1.45. The standard InChI is InChI=1S/C10H18N2O5S/c1-18(16,17)5-4-11-10(15)12(7-9(13)14)6-8-2-3-8/h8H,2-7H2,1H3,(H,11,15)(H,13,14). The number of nitrogens with zero attached hydrogens (tertiary/aromatic N) is 1. The van der Waals surface area contributed by atoms with Crippen molar-refractivity contribution in [3.05, 3.63) is 0 Å². The first kappa shape index (κ1) is 14.7. The fourth-order valence-corrected chi connectivity index (χ4v) is 1.92. The molecule has 104 valence electrons. The number of hydrogen-bond donors (Lipinski definition) is 2. The number of carboxylic acids is 1. The molecular weight excluding hydrogens is 260 g/mol. The second-order valence-corrected chi connectivity index (χ2v) is 6.84. The molecule has 1 saturated carbocycles. The third-order valence-electron chi connectivity index (χ3n) is 2.54. The molecule has 0 aromatic rings. The van der Waals surface area contributed by atoms with Gasteiger partial charge in [0.15, 0.2) is 0 Å². The molecule has 0 aromatic carbocycles. The molecule has 0 unspecified atom stereocenters. The monoisotopic (exact) mass is 278 g/mol. The van der Waals surface area contributed by atoms with Crippen LogP contribution in [0.15, 0.2) is 0 Å². The first-order valence-electron chi connectivity index (χ1n) is 5.70. The molecule has 0 saturated heterocycles. The zero-order valence-electron chi connectivity index (χ0n) is 10.3. The Morgan fingerprint density at radius 2 is 2.00 bits per heavy atom. The smallest absolute Gasteiger partial charge is 0.323 e. The number of rotatable bonds is 7. The number of carbonyl (C=O) groups excluding carboxylic acids is 1. The van der Waals surface area contributed by atoms with Gasteiger partial charge in [-0.3, -0.25) is 4.79 Å². The summed E-state index contributed by atoms with van der Waals surface area (Å²) in [6, 6.07) is -0.520. The van der Waals surface area contributed by atoms with Crippen molar-refractivity contribution in [2.45, 2.75) is 12.8 Å². The van der Waals surface area contributed by atoms with Gasteiger partial charge in [0.25, 0.3) is 0 Å². The summed E-state index contributed by atoms with van der Waals surface area (Å²) in [7, 11) is -3.13. The topological polar surface area (TPSA) is 104 Å². The van der Waals surface area contributed by atoms with Crippen LogP contribution in [-0.2, 0) is 14.6 Å². The van der Waals surface area contributed by atoms with Gasteiger partial charge in [0.1, 0.15) is 16.4 Å². The zero-order valence-corrected chi connectivity index (χ0v) is 11.1. The number of sulfone groups is 1. The van der Waals surface area contributed by atoms with E-state index in [1.807, 2.05) is 0 Å². The molecule has 1 aliphatic rings. The molecule has 1 aliphatic carbocycles. The van der Waals surface area contributed by atoms with Gasteiger partial charge in [0.2, 0.25) is 0 Å². The predicted octanol–water partition coefficient (Wildman–Crippen LogP) is -0.463. The van der Waals surface area contributed by atoms with Crippen molar-refractivity contribution in [1.29, 1.82) is 0 Å². The first-order valence-corrected chi connectivity index (χ1v) is 7.76. The van der Waals surface area contributed by atoms with Crippen molar-refractivity contribution < 1.29 is 23.1 Å². The summed E-state index contributed by atoms with van der Waals surface area (Å²) < 4.78 is 21.8. The van der Waals surface area contributed by atoms with Crippen LogP contribution in [0.2, 0.25) is 0 Å². The van der Waals surface area contributed by atoms with E-state index in [0.29, 0.717) is 12.5 Å². The quantitative estimate of drug-likeness (QED) is 0.655. The van der Waals surface area contributed by atoms with Crippen molar-refractivity contribution in [2.75, 3.05) is 31.6 Å². The number of aliphatic carboxylic acids is 1. The summed E-state index contributed by atoms with van der Waals surface area (Å²) >= 11 is 0. The summed E-state index contributed by atoms with van der Waals surface area (Å²) in [5.41, 5.74) is 0. The third kappa shape index (κ3) is 6.43. The Morgan fingerprint density at radius 1 is 1.39 bits per heavy atom. The Balaban J connectivity index is 2.40. The van der Waals surface area contributed by atoms with Crippen LogP contribution in [0.4, 0.5) is 4.79 Å². The van der Waals surface area contributed by atoms with Crippen molar-refractivity contribution in [2.24, 2.45) is 5.92 Å². The normalized spacial score (nSPS) is 15.2. The molecular formula is C10H18N2O5S. The lowest BCUT2D eigenvalue weighted by Gasteiger charge is -2.20. The minimum Gasteiger partial charge on any atom is -0.480 e. The van der Waals surface area contributed by atoms with E-state index < -0.39 is 21.8 Å². The molecule has 18 heavy (non-hydrogen) atoms. The summed E-state index contributed by atoms with van der Waals surface area (Å²) in [6.45, 7) is 0.0523. The maximum absolute atomic E-state index is 11.7. The van der Waals surface area contributed by atoms with E-state index in [0.717, 1.165) is 19.1 Å². The molecule has 2 amide bonds. The molecule has 8 heteroatoms. The number of carboxylic acid groups (broad SMARTS) is 1. The average Bonchev–Trinajstić information content (AvgIpc) is 2.97. The van der Waals surface area contributed by atoms with Gasteiger partial charge in [-0.2, -0.15) is 0 Å². The van der Waals surface area contributed by atoms with Crippen LogP contribution in [0.3, 0.4) is 0 Å². The van der Waals surface area contributed by atoms with Crippen LogP contribution in [-0.4, -0.2) is 62.1 Å². The zero-order chi connectivity index (χ0) is 13.8. The SMILES string of the molecule is CS(=O)(=O)CCNC(=O)N(CC(=O)O)CC1CC1. The van der Waals surface area contributed by atoms with Gasteiger partial charge >= 0.3 is 12.0 Å². The molecule has 0 heterocycles. The van der Waals surface area contributed by atoms with Crippen molar-refractivity contribution in [1.82, 2.24) is 10.2 Å². The second-order valence-electron chi connectivity index (χ2n) is 4.58. The Morgan fingerprint density at radius 3 is 2.44 bits per heavy atom. The van der Waals surface area contributed by atoms with E-state index in [1.165, 1.54) is 4.90 Å². The van der Waals surface area contributed by atoms with Crippen LogP contribution in [0.5, 0.6) is 0 Å². The Kier molecular flexibility index (Phi) is 4.94. The molecule has 0 aromatic heterocycles. The highest BCUT2D eigenvalue weighted by atomic mass is 32.2. The van der Waals surface area contributed by atoms with Gasteiger partial charge in [-0.1, -0.05) is 0 Å². The minimum absolute atomic E-state index is 0.00154. The Bertz CT molecular complexity index is 416. The molecule has 0 bridgehead atoms. The highest BCUT2D eigenvalue weighted by Gasteiger charge is 2.27. The highest BCUT2D eigenvalue weighted by molar-refractivity contribution is 7.90. The summed E-state index contributed by atoms with van der Waals surface area (Å²) in [6.07, 6.45) is 3.10. The van der Waals surface area contributed by atoms with Crippen LogP contribution in [0, 0.1) is 5.92 Å². The maximum Gasteiger partial charge on any atom is 0.323 e. The Hall–Kier alpha value is -1.31. The van der Waals surface area contributed by atoms with Gasteiger partial charge in [-0.05, 0) is 18.8 Å². The van der Waals surface area contributed by atoms with E-state index in [4.69, 9.17) is 5.11 Å². The number of urea groups is 1. The molecule has 1 rings (SSSR count). The largest absolute Gasteiger partial charge is 0.480 e. The van der Waals surface area contributed by atoms with Gasteiger partial charge in [0, 0.05) is 19.3 Å². The lowest BCUT2D eigenvalue weighted by atomic mass is 10.3. The van der Waals surface area contributed by atoms with Crippen LogP contribution < -0.4 is 5.32 Å². The van der Waals surface area contributed by atoms with Crippen molar-refractivity contribution >= 4 is 21.8 Å². The number of hydrogen-bond acceptors (Lipinski definition) is 4. The molecule has 7 nitrogen and oxygen atoms in total. The molecule has 0 spiro atoms. The van der Waals surface area contributed by atoms with Gasteiger partial charge < -0.3 is 15.3 Å². The number of amides is 2. The summed E-state index contributed by atoms with van der Waals surface area (Å²) in [4.78, 5) is 23.5. The van der Waals surface area contributed by atoms with E-state index in [-0.39, 0.29) is 18.8 Å². The minimum atomic E-state index is -3.13. The van der Waals surface area contributed by atoms with Gasteiger partial charge in [0.05, 0.1) is 5.75 Å². The van der Waals surface area contributed by atoms with E-state index in [2.05, 4.69) is 5.32 Å². The fraction of sp³-hybridized carbons (Fsp3) is 0.800. The molecule has 0 radical (unpaired) electrons. The first-order chi connectivity index (χ1) is 8.28. The van der Waals surface area contributed by atoms with Crippen LogP contribution in [0.25, 0.3) is 0 Å². The second kappa shape index (κ2) is 6.03.